The second kappa shape index (κ2) is 40.2. The number of carbonyl (C=O) groups is 8. The number of Topliss-reactive ketones (excluding diaryl/α,β-unsaturated/α-hetero) is 4. The Morgan fingerprint density at radius 1 is 0.260 bits per heavy atom. The zero-order chi connectivity index (χ0) is 60.9. The van der Waals surface area contributed by atoms with Gasteiger partial charge >= 0.3 is 21.7 Å². The van der Waals surface area contributed by atoms with Crippen LogP contribution in [-0.4, -0.2) is 119 Å². The van der Waals surface area contributed by atoms with E-state index in [9.17, 15) is 58.8 Å². The second-order valence-corrected chi connectivity index (χ2v) is 20.5. The van der Waals surface area contributed by atoms with Crippen LogP contribution in [0, 0.1) is 23.7 Å². The Morgan fingerprint density at radius 3 is 0.403 bits per heavy atom. The zero-order valence-electron chi connectivity index (χ0n) is 51.3. The molecule has 0 aromatic carbocycles. The molecule has 0 rings (SSSR count). The van der Waals surface area contributed by atoms with Gasteiger partial charge < -0.3 is 77.5 Å². The molecule has 0 unspecified atom stereocenters. The average molecular weight is 1140 g/mol. The molecule has 20 nitrogen and oxygen atoms in total. The number of ether oxygens (including phenoxy) is 8. The van der Waals surface area contributed by atoms with Crippen molar-refractivity contribution < 1.29 is 118 Å². The van der Waals surface area contributed by atoms with Gasteiger partial charge in [-0.3, -0.25) is 19.2 Å². The zero-order valence-corrected chi connectivity index (χ0v) is 52.8. The summed E-state index contributed by atoms with van der Waals surface area (Å²) in [6.07, 6.45) is 0.576. The number of hydrogen-bond acceptors (Lipinski definition) is 20. The molecule has 448 valence electrons. The molecular weight excluding hydrogens is 1040 g/mol. The third kappa shape index (κ3) is 26.9. The fourth-order valence-corrected chi connectivity index (χ4v) is 7.73. The number of rotatable bonds is 36. The van der Waals surface area contributed by atoms with Crippen LogP contribution in [0.1, 0.15) is 218 Å². The standard InChI is InChI=1S/4C14H26O5.Ti/c4*1-7-11(8-2)12(15)14(13(16)17,18-9(3)4)19-10(5)6;/h4*9-11H,7-8H2,1-6H3,(H,16,17);/q;;;;+4/p-4. The smallest absolute Gasteiger partial charge is 0.544 e. The first kappa shape index (κ1) is 82.8. The second-order valence-electron chi connectivity index (χ2n) is 20.5. The normalized spacial score (nSPS) is 12.3. The Bertz CT molecular complexity index is 1440. The van der Waals surface area contributed by atoms with E-state index in [-0.39, 0.29) is 21.7 Å². The summed E-state index contributed by atoms with van der Waals surface area (Å²) >= 11 is 0. The van der Waals surface area contributed by atoms with Gasteiger partial charge in [0.15, 0.2) is 0 Å². The topological polar surface area (TPSA) is 303 Å². The van der Waals surface area contributed by atoms with Gasteiger partial charge in [-0.2, -0.15) is 0 Å². The average Bonchev–Trinajstić information content (AvgIpc) is 3.28. The molecule has 0 spiro atoms. The van der Waals surface area contributed by atoms with Crippen molar-refractivity contribution >= 4 is 47.0 Å². The van der Waals surface area contributed by atoms with Crippen LogP contribution < -0.4 is 20.4 Å². The van der Waals surface area contributed by atoms with E-state index >= 15 is 0 Å². The summed E-state index contributed by atoms with van der Waals surface area (Å²) in [7, 11) is 0. The van der Waals surface area contributed by atoms with Crippen molar-refractivity contribution in [3.63, 3.8) is 0 Å². The molecule has 0 aliphatic carbocycles. The molecule has 0 saturated heterocycles. The molecule has 0 heterocycles. The van der Waals surface area contributed by atoms with Crippen molar-refractivity contribution in [3.05, 3.63) is 0 Å². The van der Waals surface area contributed by atoms with Crippen molar-refractivity contribution in [1.82, 2.24) is 0 Å². The number of carboxylic acids is 4. The largest absolute Gasteiger partial charge is 4.00 e. The van der Waals surface area contributed by atoms with Crippen LogP contribution in [0.5, 0.6) is 0 Å². The molecule has 77 heavy (non-hydrogen) atoms. The van der Waals surface area contributed by atoms with Crippen molar-refractivity contribution in [1.29, 1.82) is 0 Å². The quantitative estimate of drug-likeness (QED) is 0.0445. The van der Waals surface area contributed by atoms with Gasteiger partial charge in [0.1, 0.15) is 23.9 Å². The number of hydrogen-bond donors (Lipinski definition) is 0. The first-order valence-corrected chi connectivity index (χ1v) is 27.3. The predicted octanol–water partition coefficient (Wildman–Crippen LogP) is 5.15. The molecule has 0 aliphatic rings. The van der Waals surface area contributed by atoms with Crippen LogP contribution in [0.4, 0.5) is 0 Å². The summed E-state index contributed by atoms with van der Waals surface area (Å²) in [4.78, 5) is 95.8. The summed E-state index contributed by atoms with van der Waals surface area (Å²) in [6, 6.07) is 0. The molecule has 0 aromatic heterocycles. The maximum Gasteiger partial charge on any atom is 4.00 e. The summed E-state index contributed by atoms with van der Waals surface area (Å²) in [5, 5.41) is 46.0. The van der Waals surface area contributed by atoms with E-state index in [4.69, 9.17) is 37.9 Å². The maximum absolute atomic E-state index is 12.5. The van der Waals surface area contributed by atoms with Crippen LogP contribution in [0.2, 0.25) is 0 Å². The predicted molar refractivity (Wildman–Crippen MR) is 277 cm³/mol. The van der Waals surface area contributed by atoms with E-state index in [1.807, 2.05) is 55.4 Å². The molecule has 0 fully saturated rings. The van der Waals surface area contributed by atoms with Crippen molar-refractivity contribution in [2.24, 2.45) is 23.7 Å². The fraction of sp³-hybridized carbons (Fsp3) is 0.857. The van der Waals surface area contributed by atoms with Gasteiger partial charge in [-0.1, -0.05) is 55.4 Å². The summed E-state index contributed by atoms with van der Waals surface area (Å²) in [6.45, 7) is 41.1. The Morgan fingerprint density at radius 2 is 0.351 bits per heavy atom. The van der Waals surface area contributed by atoms with Crippen LogP contribution in [0.25, 0.3) is 0 Å². The summed E-state index contributed by atoms with van der Waals surface area (Å²) in [5.41, 5.74) is 0. The van der Waals surface area contributed by atoms with Gasteiger partial charge in [0, 0.05) is 23.7 Å². The third-order valence-electron chi connectivity index (χ3n) is 11.0. The monoisotopic (exact) mass is 1140 g/mol. The van der Waals surface area contributed by atoms with E-state index in [0.717, 1.165) is 0 Å². The number of carboxylic acid groups (broad SMARTS) is 4. The van der Waals surface area contributed by atoms with Gasteiger partial charge in [0.25, 0.3) is 23.1 Å². The molecule has 0 aromatic rings. The van der Waals surface area contributed by atoms with Crippen LogP contribution in [0.15, 0.2) is 0 Å². The molecule has 0 N–H and O–H groups in total. The van der Waals surface area contributed by atoms with E-state index < -0.39 is 143 Å². The van der Waals surface area contributed by atoms with Crippen molar-refractivity contribution in [2.75, 3.05) is 0 Å². The minimum Gasteiger partial charge on any atom is -0.544 e. The minimum atomic E-state index is -2.31. The van der Waals surface area contributed by atoms with Crippen molar-refractivity contribution in [3.8, 4) is 0 Å². The first-order chi connectivity index (χ1) is 34.8. The molecular formula is C56H100O20Ti. The molecule has 0 aliphatic heterocycles. The number of carbonyl (C=O) groups excluding carboxylic acids is 8. The Hall–Kier alpha value is -3.05. The van der Waals surface area contributed by atoms with Crippen LogP contribution in [0.3, 0.4) is 0 Å². The van der Waals surface area contributed by atoms with E-state index in [1.54, 1.807) is 111 Å². The van der Waals surface area contributed by atoms with Gasteiger partial charge in [0.05, 0.1) is 48.8 Å². The SMILES string of the molecule is CCC(CC)C(=O)C(OC(C)C)(OC(C)C)C(=O)[O-].CCC(CC)C(=O)C(OC(C)C)(OC(C)C)C(=O)[O-].CCC(CC)C(=O)C(OC(C)C)(OC(C)C)C(=O)[O-].CCC(CC)C(=O)C(OC(C)C)(OC(C)C)C(=O)[O-].[Ti+4]. The number of aliphatic carboxylic acids is 4. The van der Waals surface area contributed by atoms with Gasteiger partial charge in [-0.25, -0.2) is 0 Å². The third-order valence-corrected chi connectivity index (χ3v) is 11.0. The summed E-state index contributed by atoms with van der Waals surface area (Å²) in [5.74, 6) is -19.7. The number of ketones is 4. The fourth-order valence-electron chi connectivity index (χ4n) is 7.73. The van der Waals surface area contributed by atoms with Crippen LogP contribution >= 0.6 is 0 Å². The van der Waals surface area contributed by atoms with Crippen LogP contribution in [-0.2, 0) is 98.0 Å². The molecule has 0 amide bonds. The Labute approximate surface area is 476 Å². The molecule has 0 saturated carbocycles. The minimum absolute atomic E-state index is 0. The van der Waals surface area contributed by atoms with Gasteiger partial charge in [-0.05, 0) is 162 Å². The molecule has 0 atom stereocenters. The van der Waals surface area contributed by atoms with Gasteiger partial charge in [0.2, 0.25) is 23.1 Å². The van der Waals surface area contributed by atoms with Gasteiger partial charge in [-0.15, -0.1) is 0 Å². The Balaban J connectivity index is -0.000000298. The maximum atomic E-state index is 12.5. The van der Waals surface area contributed by atoms with Crippen molar-refractivity contribution in [2.45, 2.75) is 290 Å². The summed E-state index contributed by atoms with van der Waals surface area (Å²) < 4.78 is 42.6. The molecule has 21 heteroatoms. The van der Waals surface area contributed by atoms with E-state index in [2.05, 4.69) is 0 Å². The molecule has 0 radical (unpaired) electrons. The first-order valence-electron chi connectivity index (χ1n) is 27.3. The molecule has 0 bridgehead atoms. The Kier molecular flexibility index (Phi) is 43.2. The van der Waals surface area contributed by atoms with E-state index in [1.165, 1.54) is 0 Å². The van der Waals surface area contributed by atoms with E-state index in [0.29, 0.717) is 51.4 Å².